The Morgan fingerprint density at radius 1 is 1.12 bits per heavy atom. The smallest absolute Gasteiger partial charge is 0.246 e. The van der Waals surface area contributed by atoms with Crippen LogP contribution in [-0.2, 0) is 14.8 Å². The van der Waals surface area contributed by atoms with Crippen LogP contribution in [0.5, 0.6) is 5.75 Å². The van der Waals surface area contributed by atoms with E-state index in [1.807, 2.05) is 20.8 Å². The van der Waals surface area contributed by atoms with E-state index >= 15 is 0 Å². The SMILES string of the molecule is CCOc1ccc(S(=O)(=O)N2CCN(C(=O)C=C(C)C)CC2)cc1. The Morgan fingerprint density at radius 3 is 2.21 bits per heavy atom. The molecule has 0 atom stereocenters. The summed E-state index contributed by atoms with van der Waals surface area (Å²) < 4.78 is 32.1. The molecule has 7 heteroatoms. The minimum atomic E-state index is -3.54. The van der Waals surface area contributed by atoms with Crippen molar-refractivity contribution in [1.29, 1.82) is 0 Å². The average molecular weight is 352 g/mol. The van der Waals surface area contributed by atoms with Crippen molar-refractivity contribution in [2.45, 2.75) is 25.7 Å². The molecule has 1 aliphatic heterocycles. The third-order valence-corrected chi connectivity index (χ3v) is 5.65. The number of carbonyl (C=O) groups excluding carboxylic acids is 1. The van der Waals surface area contributed by atoms with Crippen molar-refractivity contribution < 1.29 is 17.9 Å². The second kappa shape index (κ2) is 7.81. The number of benzene rings is 1. The van der Waals surface area contributed by atoms with Crippen LogP contribution in [0.3, 0.4) is 0 Å². The van der Waals surface area contributed by atoms with Gasteiger partial charge in [-0.15, -0.1) is 0 Å². The third kappa shape index (κ3) is 4.36. The molecule has 1 fully saturated rings. The van der Waals surface area contributed by atoms with Gasteiger partial charge in [0.25, 0.3) is 0 Å². The topological polar surface area (TPSA) is 66.9 Å². The van der Waals surface area contributed by atoms with Crippen LogP contribution in [0.1, 0.15) is 20.8 Å². The van der Waals surface area contributed by atoms with Gasteiger partial charge in [0.2, 0.25) is 15.9 Å². The largest absolute Gasteiger partial charge is 0.494 e. The monoisotopic (exact) mass is 352 g/mol. The average Bonchev–Trinajstić information content (AvgIpc) is 2.55. The van der Waals surface area contributed by atoms with Gasteiger partial charge in [-0.25, -0.2) is 8.42 Å². The fraction of sp³-hybridized carbons (Fsp3) is 0.471. The van der Waals surface area contributed by atoms with Crippen LogP contribution in [0.4, 0.5) is 0 Å². The quantitative estimate of drug-likeness (QED) is 0.759. The Bertz CT molecular complexity index is 699. The molecule has 1 aromatic rings. The maximum Gasteiger partial charge on any atom is 0.246 e. The number of piperazine rings is 1. The summed E-state index contributed by atoms with van der Waals surface area (Å²) in [5, 5.41) is 0. The maximum atomic E-state index is 12.7. The van der Waals surface area contributed by atoms with Crippen LogP contribution in [0.15, 0.2) is 40.8 Å². The Morgan fingerprint density at radius 2 is 1.71 bits per heavy atom. The number of rotatable bonds is 5. The molecule has 0 unspecified atom stereocenters. The number of sulfonamides is 1. The van der Waals surface area contributed by atoms with E-state index < -0.39 is 10.0 Å². The van der Waals surface area contributed by atoms with E-state index in [1.165, 1.54) is 4.31 Å². The lowest BCUT2D eigenvalue weighted by Gasteiger charge is -2.33. The van der Waals surface area contributed by atoms with Gasteiger partial charge < -0.3 is 9.64 Å². The second-order valence-electron chi connectivity index (χ2n) is 5.86. The number of hydrogen-bond donors (Lipinski definition) is 0. The first-order valence-corrected chi connectivity index (χ1v) is 9.45. The Hall–Kier alpha value is -1.86. The lowest BCUT2D eigenvalue weighted by Crippen LogP contribution is -2.50. The number of amides is 1. The van der Waals surface area contributed by atoms with Crippen molar-refractivity contribution >= 4 is 15.9 Å². The summed E-state index contributed by atoms with van der Waals surface area (Å²) >= 11 is 0. The Kier molecular flexibility index (Phi) is 6.01. The molecule has 1 heterocycles. The molecule has 0 radical (unpaired) electrons. The molecule has 1 aliphatic rings. The van der Waals surface area contributed by atoms with Gasteiger partial charge in [0.1, 0.15) is 5.75 Å². The van der Waals surface area contributed by atoms with Crippen molar-refractivity contribution in [2.75, 3.05) is 32.8 Å². The van der Waals surface area contributed by atoms with Crippen molar-refractivity contribution in [2.24, 2.45) is 0 Å². The fourth-order valence-corrected chi connectivity index (χ4v) is 3.93. The van der Waals surface area contributed by atoms with Crippen LogP contribution < -0.4 is 4.74 Å². The first-order chi connectivity index (χ1) is 11.3. The van der Waals surface area contributed by atoms with E-state index in [0.29, 0.717) is 38.5 Å². The predicted molar refractivity (Wildman–Crippen MR) is 92.4 cm³/mol. The van der Waals surface area contributed by atoms with Crippen LogP contribution in [-0.4, -0.2) is 56.3 Å². The number of hydrogen-bond acceptors (Lipinski definition) is 4. The van der Waals surface area contributed by atoms with E-state index in [4.69, 9.17) is 4.74 Å². The molecule has 6 nitrogen and oxygen atoms in total. The van der Waals surface area contributed by atoms with E-state index in [0.717, 1.165) is 5.57 Å². The minimum Gasteiger partial charge on any atom is -0.494 e. The highest BCUT2D eigenvalue weighted by Crippen LogP contribution is 2.21. The zero-order chi connectivity index (χ0) is 17.7. The van der Waals surface area contributed by atoms with Crippen molar-refractivity contribution in [3.05, 3.63) is 35.9 Å². The van der Waals surface area contributed by atoms with E-state index in [1.54, 1.807) is 35.2 Å². The number of carbonyl (C=O) groups is 1. The van der Waals surface area contributed by atoms with E-state index in [2.05, 4.69) is 0 Å². The van der Waals surface area contributed by atoms with Gasteiger partial charge in [-0.3, -0.25) is 4.79 Å². The molecule has 1 amide bonds. The van der Waals surface area contributed by atoms with Crippen LogP contribution >= 0.6 is 0 Å². The van der Waals surface area contributed by atoms with Crippen LogP contribution in [0.25, 0.3) is 0 Å². The normalized spacial score (nSPS) is 15.9. The lowest BCUT2D eigenvalue weighted by atomic mass is 10.3. The zero-order valence-electron chi connectivity index (χ0n) is 14.4. The molecule has 1 aromatic carbocycles. The van der Waals surface area contributed by atoms with Crippen LogP contribution in [0.2, 0.25) is 0 Å². The molecule has 0 bridgehead atoms. The summed E-state index contributed by atoms with van der Waals surface area (Å²) in [5.41, 5.74) is 0.935. The first-order valence-electron chi connectivity index (χ1n) is 8.01. The highest BCUT2D eigenvalue weighted by Gasteiger charge is 2.29. The maximum absolute atomic E-state index is 12.7. The van der Waals surface area contributed by atoms with Crippen LogP contribution in [0, 0.1) is 0 Å². The molecule has 0 spiro atoms. The third-order valence-electron chi connectivity index (χ3n) is 3.73. The molecule has 1 saturated heterocycles. The minimum absolute atomic E-state index is 0.0619. The van der Waals surface area contributed by atoms with Gasteiger partial charge in [-0.1, -0.05) is 5.57 Å². The van der Waals surface area contributed by atoms with Gasteiger partial charge >= 0.3 is 0 Å². The Labute approximate surface area is 143 Å². The highest BCUT2D eigenvalue weighted by atomic mass is 32.2. The van der Waals surface area contributed by atoms with Crippen molar-refractivity contribution in [3.63, 3.8) is 0 Å². The number of allylic oxidation sites excluding steroid dienone is 1. The summed E-state index contributed by atoms with van der Waals surface area (Å²) in [7, 11) is -3.54. The van der Waals surface area contributed by atoms with Gasteiger partial charge in [-0.05, 0) is 45.0 Å². The van der Waals surface area contributed by atoms with Gasteiger partial charge in [0.15, 0.2) is 0 Å². The van der Waals surface area contributed by atoms with Crippen molar-refractivity contribution in [1.82, 2.24) is 9.21 Å². The molecule has 0 aliphatic carbocycles. The number of nitrogens with zero attached hydrogens (tertiary/aromatic N) is 2. The Balaban J connectivity index is 2.04. The summed E-state index contributed by atoms with van der Waals surface area (Å²) in [4.78, 5) is 13.9. The van der Waals surface area contributed by atoms with Crippen molar-refractivity contribution in [3.8, 4) is 5.75 Å². The summed E-state index contributed by atoms with van der Waals surface area (Å²) in [5.74, 6) is 0.585. The molecule has 132 valence electrons. The fourth-order valence-electron chi connectivity index (χ4n) is 2.51. The zero-order valence-corrected chi connectivity index (χ0v) is 15.2. The predicted octanol–water partition coefficient (Wildman–Crippen LogP) is 1.88. The molecule has 0 aromatic heterocycles. The highest BCUT2D eigenvalue weighted by molar-refractivity contribution is 7.89. The molecule has 24 heavy (non-hydrogen) atoms. The summed E-state index contributed by atoms with van der Waals surface area (Å²) in [6.45, 7) is 7.55. The molecule has 2 rings (SSSR count). The second-order valence-corrected chi connectivity index (χ2v) is 7.79. The molecule has 0 saturated carbocycles. The lowest BCUT2D eigenvalue weighted by molar-refractivity contribution is -0.127. The van der Waals surface area contributed by atoms with E-state index in [9.17, 15) is 13.2 Å². The molecular formula is C17H24N2O4S. The van der Waals surface area contributed by atoms with E-state index in [-0.39, 0.29) is 10.8 Å². The van der Waals surface area contributed by atoms with Gasteiger partial charge in [-0.2, -0.15) is 4.31 Å². The molecule has 0 N–H and O–H groups in total. The van der Waals surface area contributed by atoms with Gasteiger partial charge in [0.05, 0.1) is 11.5 Å². The number of ether oxygens (including phenoxy) is 1. The first kappa shape index (κ1) is 18.5. The standard InChI is InChI=1S/C17H24N2O4S/c1-4-23-15-5-7-16(8-6-15)24(21,22)19-11-9-18(10-12-19)17(20)13-14(2)3/h5-8,13H,4,9-12H2,1-3H3. The van der Waals surface area contributed by atoms with Gasteiger partial charge in [0, 0.05) is 32.3 Å². The molecular weight excluding hydrogens is 328 g/mol. The summed E-state index contributed by atoms with van der Waals surface area (Å²) in [6.07, 6.45) is 1.58. The summed E-state index contributed by atoms with van der Waals surface area (Å²) in [6, 6.07) is 6.43.